The molecule has 3 nitrogen and oxygen atoms in total. The average Bonchev–Trinajstić information content (AvgIpc) is 2.53. The number of aliphatic imine (C=N–C) groups is 2. The Balaban J connectivity index is 2.48. The molecule has 4 heteroatoms. The molecule has 0 saturated heterocycles. The molecule has 0 aliphatic carbocycles. The topological polar surface area (TPSA) is 28.0 Å². The van der Waals surface area contributed by atoms with Crippen molar-refractivity contribution in [3.8, 4) is 0 Å². The van der Waals surface area contributed by atoms with E-state index in [0.29, 0.717) is 0 Å². The molecule has 0 spiro atoms. The zero-order valence-electron chi connectivity index (χ0n) is 13.4. The molecule has 0 saturated carbocycles. The first-order valence-corrected chi connectivity index (χ1v) is 8.33. The van der Waals surface area contributed by atoms with Crippen LogP contribution in [0.15, 0.2) is 64.6 Å². The Kier molecular flexibility index (Phi) is 5.78. The van der Waals surface area contributed by atoms with Crippen LogP contribution in [0.5, 0.6) is 0 Å². The molecule has 0 bridgehead atoms. The number of aryl methyl sites for hydroxylation is 1. The molecule has 0 aliphatic heterocycles. The molecule has 0 aliphatic rings. The molecule has 22 heavy (non-hydrogen) atoms. The third-order valence-electron chi connectivity index (χ3n) is 3.07. The van der Waals surface area contributed by atoms with E-state index in [9.17, 15) is 0 Å². The van der Waals surface area contributed by atoms with Crippen LogP contribution in [-0.2, 0) is 0 Å². The fourth-order valence-electron chi connectivity index (χ4n) is 1.90. The number of benzene rings is 2. The smallest absolute Gasteiger partial charge is 0.165 e. The lowest BCUT2D eigenvalue weighted by atomic mass is 10.2. The van der Waals surface area contributed by atoms with Crippen LogP contribution in [0.3, 0.4) is 0 Å². The Hall–Kier alpha value is -2.07. The summed E-state index contributed by atoms with van der Waals surface area (Å²) in [5.41, 5.74) is 3.14. The Morgan fingerprint density at radius 1 is 0.955 bits per heavy atom. The molecule has 2 rings (SSSR count). The molecule has 0 amide bonds. The summed E-state index contributed by atoms with van der Waals surface area (Å²) in [6, 6.07) is 18.2. The van der Waals surface area contributed by atoms with Crippen molar-refractivity contribution in [2.24, 2.45) is 9.98 Å². The van der Waals surface area contributed by atoms with Crippen LogP contribution >= 0.6 is 11.8 Å². The summed E-state index contributed by atoms with van der Waals surface area (Å²) in [6.45, 7) is 2.07. The summed E-state index contributed by atoms with van der Waals surface area (Å²) in [5.74, 6) is 0.725. The van der Waals surface area contributed by atoms with Crippen LogP contribution < -0.4 is 0 Å². The van der Waals surface area contributed by atoms with E-state index in [4.69, 9.17) is 9.98 Å². The van der Waals surface area contributed by atoms with Gasteiger partial charge in [-0.15, -0.1) is 0 Å². The molecular formula is C18H21N3S. The van der Waals surface area contributed by atoms with Crippen LogP contribution in [0.2, 0.25) is 0 Å². The van der Waals surface area contributed by atoms with E-state index in [1.165, 1.54) is 5.56 Å². The molecule has 0 radical (unpaired) electrons. The van der Waals surface area contributed by atoms with Gasteiger partial charge in [0, 0.05) is 19.7 Å². The van der Waals surface area contributed by atoms with Gasteiger partial charge in [0.1, 0.15) is 0 Å². The zero-order chi connectivity index (χ0) is 15.9. The maximum Gasteiger partial charge on any atom is 0.165 e. The van der Waals surface area contributed by atoms with E-state index in [0.717, 1.165) is 22.3 Å². The predicted molar refractivity (Wildman–Crippen MR) is 98.5 cm³/mol. The minimum atomic E-state index is 0.725. The maximum atomic E-state index is 4.74. The summed E-state index contributed by atoms with van der Waals surface area (Å²) >= 11 is 1.61. The van der Waals surface area contributed by atoms with Crippen LogP contribution in [0.25, 0.3) is 0 Å². The molecule has 0 unspecified atom stereocenters. The Morgan fingerprint density at radius 2 is 1.59 bits per heavy atom. The van der Waals surface area contributed by atoms with Gasteiger partial charge in [-0.05, 0) is 25.3 Å². The highest BCUT2D eigenvalue weighted by molar-refractivity contribution is 8.13. The average molecular weight is 311 g/mol. The van der Waals surface area contributed by atoms with Crippen molar-refractivity contribution in [2.45, 2.75) is 6.92 Å². The minimum absolute atomic E-state index is 0.725. The van der Waals surface area contributed by atoms with E-state index >= 15 is 0 Å². The molecule has 2 aromatic rings. The molecular weight excluding hydrogens is 290 g/mol. The van der Waals surface area contributed by atoms with E-state index in [1.54, 1.807) is 11.8 Å². The van der Waals surface area contributed by atoms with Gasteiger partial charge >= 0.3 is 0 Å². The Bertz CT molecular complexity index is 658. The summed E-state index contributed by atoms with van der Waals surface area (Å²) < 4.78 is 0. The van der Waals surface area contributed by atoms with Crippen molar-refractivity contribution in [2.75, 3.05) is 20.4 Å². The summed E-state index contributed by atoms with van der Waals surface area (Å²) in [6.07, 6.45) is 2.02. The van der Waals surface area contributed by atoms with Crippen LogP contribution in [-0.4, -0.2) is 36.3 Å². The summed E-state index contributed by atoms with van der Waals surface area (Å²) in [4.78, 5) is 11.5. The van der Waals surface area contributed by atoms with E-state index in [2.05, 4.69) is 19.1 Å². The Morgan fingerprint density at radius 3 is 2.14 bits per heavy atom. The van der Waals surface area contributed by atoms with Gasteiger partial charge < -0.3 is 4.90 Å². The minimum Gasteiger partial charge on any atom is -0.357 e. The molecule has 2 aromatic carbocycles. The monoisotopic (exact) mass is 311 g/mol. The van der Waals surface area contributed by atoms with Gasteiger partial charge in [0.25, 0.3) is 0 Å². The van der Waals surface area contributed by atoms with Crippen LogP contribution in [0.1, 0.15) is 11.1 Å². The van der Waals surface area contributed by atoms with Crippen molar-refractivity contribution in [3.63, 3.8) is 0 Å². The number of hydrogen-bond acceptors (Lipinski definition) is 2. The molecule has 114 valence electrons. The number of nitrogens with zero attached hydrogens (tertiary/aromatic N) is 3. The van der Waals surface area contributed by atoms with Crippen LogP contribution in [0.4, 0.5) is 5.69 Å². The third kappa shape index (κ3) is 4.46. The van der Waals surface area contributed by atoms with E-state index in [1.807, 2.05) is 67.7 Å². The fraction of sp³-hybridized carbons (Fsp3) is 0.222. The first-order valence-electron chi connectivity index (χ1n) is 7.11. The third-order valence-corrected chi connectivity index (χ3v) is 3.89. The highest BCUT2D eigenvalue weighted by Gasteiger charge is 2.06. The van der Waals surface area contributed by atoms with E-state index < -0.39 is 0 Å². The zero-order valence-corrected chi connectivity index (χ0v) is 14.3. The van der Waals surface area contributed by atoms with Gasteiger partial charge in [0.2, 0.25) is 0 Å². The van der Waals surface area contributed by atoms with Crippen molar-refractivity contribution >= 4 is 28.5 Å². The van der Waals surface area contributed by atoms with Gasteiger partial charge in [-0.3, -0.25) is 0 Å². The van der Waals surface area contributed by atoms with Crippen molar-refractivity contribution in [1.82, 2.24) is 4.90 Å². The number of thioether (sulfide) groups is 1. The van der Waals surface area contributed by atoms with Gasteiger partial charge in [-0.1, -0.05) is 59.8 Å². The van der Waals surface area contributed by atoms with Crippen molar-refractivity contribution < 1.29 is 0 Å². The second-order valence-electron chi connectivity index (χ2n) is 5.13. The number of hydrogen-bond donors (Lipinski definition) is 0. The fourth-order valence-corrected chi connectivity index (χ4v) is 2.44. The normalized spacial score (nSPS) is 12.4. The van der Waals surface area contributed by atoms with E-state index in [-0.39, 0.29) is 0 Å². The number of rotatable bonds is 2. The van der Waals surface area contributed by atoms with Crippen LogP contribution in [0, 0.1) is 6.92 Å². The molecule has 0 atom stereocenters. The van der Waals surface area contributed by atoms with Gasteiger partial charge in [-0.2, -0.15) is 0 Å². The molecule has 0 fully saturated rings. The SMILES string of the molecule is CSC(=NC(=Nc1ccc(C)cc1)c1ccccc1)N(C)C. The molecule has 0 aromatic heterocycles. The molecule has 0 N–H and O–H groups in total. The second-order valence-corrected chi connectivity index (χ2v) is 5.90. The van der Waals surface area contributed by atoms with Crippen molar-refractivity contribution in [1.29, 1.82) is 0 Å². The van der Waals surface area contributed by atoms with Crippen molar-refractivity contribution in [3.05, 3.63) is 65.7 Å². The van der Waals surface area contributed by atoms with Gasteiger partial charge in [0.05, 0.1) is 5.69 Å². The second kappa shape index (κ2) is 7.80. The first-order chi connectivity index (χ1) is 10.6. The highest BCUT2D eigenvalue weighted by Crippen LogP contribution is 2.16. The standard InChI is InChI=1S/C18H21N3S/c1-14-10-12-16(13-11-14)19-17(15-8-6-5-7-9-15)20-18(22-4)21(2)3/h5-13H,1-4H3. The largest absolute Gasteiger partial charge is 0.357 e. The lowest BCUT2D eigenvalue weighted by Crippen LogP contribution is -2.20. The first kappa shape index (κ1) is 16.3. The Labute approximate surface area is 136 Å². The summed E-state index contributed by atoms with van der Waals surface area (Å²) in [5, 5.41) is 0.926. The quantitative estimate of drug-likeness (QED) is 0.609. The maximum absolute atomic E-state index is 4.74. The number of amidine groups is 2. The predicted octanol–water partition coefficient (Wildman–Crippen LogP) is 4.35. The van der Waals surface area contributed by atoms with Gasteiger partial charge in [-0.25, -0.2) is 9.98 Å². The highest BCUT2D eigenvalue weighted by atomic mass is 32.2. The summed E-state index contributed by atoms with van der Waals surface area (Å²) in [7, 11) is 3.98. The lowest BCUT2D eigenvalue weighted by Gasteiger charge is -2.13. The van der Waals surface area contributed by atoms with Gasteiger partial charge in [0.15, 0.2) is 11.0 Å². The molecule has 0 heterocycles. The lowest BCUT2D eigenvalue weighted by molar-refractivity contribution is 0.637.